The van der Waals surface area contributed by atoms with Gasteiger partial charge in [0, 0.05) is 29.4 Å². The zero-order valence-corrected chi connectivity index (χ0v) is 12.6. The van der Waals surface area contributed by atoms with E-state index in [2.05, 4.69) is 10.6 Å². The van der Waals surface area contributed by atoms with Crippen LogP contribution in [0.5, 0.6) is 0 Å². The van der Waals surface area contributed by atoms with Gasteiger partial charge in [0.2, 0.25) is 0 Å². The molecule has 0 radical (unpaired) electrons. The van der Waals surface area contributed by atoms with Gasteiger partial charge in [0.25, 0.3) is 5.91 Å². The molecule has 0 unspecified atom stereocenters. The summed E-state index contributed by atoms with van der Waals surface area (Å²) in [5.41, 5.74) is 1.77. The van der Waals surface area contributed by atoms with Crippen LogP contribution in [0.3, 0.4) is 0 Å². The van der Waals surface area contributed by atoms with Gasteiger partial charge >= 0.3 is 0 Å². The van der Waals surface area contributed by atoms with Crippen molar-refractivity contribution in [1.29, 1.82) is 0 Å². The lowest BCUT2D eigenvalue weighted by molar-refractivity contribution is 0.0953. The molecule has 0 aliphatic carbocycles. The molecular formula is C17H19ClN2O. The number of hydrogen-bond acceptors (Lipinski definition) is 2. The summed E-state index contributed by atoms with van der Waals surface area (Å²) in [5, 5.41) is 6.98. The second-order valence-corrected chi connectivity index (χ2v) is 5.20. The van der Waals surface area contributed by atoms with E-state index < -0.39 is 0 Å². The predicted molar refractivity (Wildman–Crippen MR) is 88.0 cm³/mol. The minimum absolute atomic E-state index is 0.0127. The number of amides is 1. The van der Waals surface area contributed by atoms with Crippen LogP contribution < -0.4 is 10.6 Å². The van der Waals surface area contributed by atoms with E-state index in [1.165, 1.54) is 0 Å². The summed E-state index contributed by atoms with van der Waals surface area (Å²) in [6.07, 6.45) is 1.94. The number of carbonyl (C=O) groups excluding carboxylic acids is 1. The van der Waals surface area contributed by atoms with E-state index in [0.29, 0.717) is 12.1 Å². The lowest BCUT2D eigenvalue weighted by Gasteiger charge is -2.07. The van der Waals surface area contributed by atoms with Gasteiger partial charge < -0.3 is 10.6 Å². The summed E-state index contributed by atoms with van der Waals surface area (Å²) in [6, 6.07) is 16.9. The molecule has 0 heterocycles. The molecule has 2 rings (SSSR count). The third kappa shape index (κ3) is 5.48. The van der Waals surface area contributed by atoms with Gasteiger partial charge in [-0.05, 0) is 49.2 Å². The summed E-state index contributed by atoms with van der Waals surface area (Å²) in [4.78, 5) is 11.8. The molecule has 0 aromatic heterocycles. The van der Waals surface area contributed by atoms with Crippen molar-refractivity contribution in [3.63, 3.8) is 0 Å². The molecule has 4 heteroatoms. The van der Waals surface area contributed by atoms with E-state index >= 15 is 0 Å². The van der Waals surface area contributed by atoms with Crippen LogP contribution in [-0.2, 0) is 0 Å². The van der Waals surface area contributed by atoms with Gasteiger partial charge in [-0.3, -0.25) is 4.79 Å². The summed E-state index contributed by atoms with van der Waals surface area (Å²) in [6.45, 7) is 1.57. The second-order valence-electron chi connectivity index (χ2n) is 4.76. The Balaban J connectivity index is 1.58. The van der Waals surface area contributed by atoms with E-state index in [9.17, 15) is 4.79 Å². The van der Waals surface area contributed by atoms with Crippen molar-refractivity contribution < 1.29 is 4.79 Å². The maximum Gasteiger partial charge on any atom is 0.251 e. The molecule has 110 valence electrons. The Kier molecular flexibility index (Phi) is 6.10. The second kappa shape index (κ2) is 8.32. The lowest BCUT2D eigenvalue weighted by atomic mass is 10.2. The molecule has 2 N–H and O–H groups in total. The van der Waals surface area contributed by atoms with Crippen LogP contribution in [0.25, 0.3) is 0 Å². The number of unbranched alkanes of at least 4 members (excludes halogenated alkanes) is 1. The fourth-order valence-corrected chi connectivity index (χ4v) is 2.07. The molecule has 0 spiro atoms. The summed E-state index contributed by atoms with van der Waals surface area (Å²) in [5.74, 6) is -0.0127. The van der Waals surface area contributed by atoms with Crippen molar-refractivity contribution in [2.75, 3.05) is 18.4 Å². The zero-order chi connectivity index (χ0) is 14.9. The van der Waals surface area contributed by atoms with Crippen molar-refractivity contribution in [3.8, 4) is 0 Å². The van der Waals surface area contributed by atoms with Crippen LogP contribution in [0.1, 0.15) is 23.2 Å². The van der Waals surface area contributed by atoms with Crippen molar-refractivity contribution in [3.05, 3.63) is 65.2 Å². The highest BCUT2D eigenvalue weighted by molar-refractivity contribution is 6.30. The number of benzene rings is 2. The molecule has 0 atom stereocenters. The highest BCUT2D eigenvalue weighted by Gasteiger charge is 2.02. The highest BCUT2D eigenvalue weighted by atomic mass is 35.5. The van der Waals surface area contributed by atoms with Crippen molar-refractivity contribution >= 4 is 23.2 Å². The van der Waals surface area contributed by atoms with Gasteiger partial charge in [0.1, 0.15) is 0 Å². The van der Waals surface area contributed by atoms with Gasteiger partial charge in [-0.15, -0.1) is 0 Å². The molecule has 0 saturated carbocycles. The molecule has 0 aliphatic heterocycles. The Morgan fingerprint density at radius 1 is 0.905 bits per heavy atom. The molecule has 1 amide bonds. The maximum atomic E-state index is 11.8. The fraction of sp³-hybridized carbons (Fsp3) is 0.235. The number of nitrogens with one attached hydrogen (secondary N) is 2. The zero-order valence-electron chi connectivity index (χ0n) is 11.8. The molecular weight excluding hydrogens is 284 g/mol. The van der Waals surface area contributed by atoms with Gasteiger partial charge in [-0.1, -0.05) is 29.8 Å². The number of halogens is 1. The maximum absolute atomic E-state index is 11.8. The first kappa shape index (κ1) is 15.4. The Hall–Kier alpha value is -2.00. The summed E-state index contributed by atoms with van der Waals surface area (Å²) >= 11 is 5.83. The SMILES string of the molecule is O=C(NCCCCNc1ccc(Cl)cc1)c1ccccc1. The average molecular weight is 303 g/mol. The van der Waals surface area contributed by atoms with Gasteiger partial charge in [0.15, 0.2) is 0 Å². The molecule has 0 bridgehead atoms. The van der Waals surface area contributed by atoms with Gasteiger partial charge in [0.05, 0.1) is 0 Å². The van der Waals surface area contributed by atoms with E-state index in [4.69, 9.17) is 11.6 Å². The van der Waals surface area contributed by atoms with Crippen LogP contribution in [0.2, 0.25) is 5.02 Å². The van der Waals surface area contributed by atoms with Crippen LogP contribution in [0, 0.1) is 0 Å². The number of anilines is 1. The standard InChI is InChI=1S/C17H19ClN2O/c18-15-8-10-16(11-9-15)19-12-4-5-13-20-17(21)14-6-2-1-3-7-14/h1-3,6-11,19H,4-5,12-13H2,(H,20,21). The summed E-state index contributed by atoms with van der Waals surface area (Å²) < 4.78 is 0. The molecule has 3 nitrogen and oxygen atoms in total. The minimum atomic E-state index is -0.0127. The molecule has 0 saturated heterocycles. The molecule has 0 fully saturated rings. The third-order valence-electron chi connectivity index (χ3n) is 3.10. The Morgan fingerprint density at radius 3 is 2.29 bits per heavy atom. The fourth-order valence-electron chi connectivity index (χ4n) is 1.94. The van der Waals surface area contributed by atoms with Crippen LogP contribution in [0.15, 0.2) is 54.6 Å². The first-order chi connectivity index (χ1) is 10.3. The number of rotatable bonds is 7. The Labute approximate surface area is 130 Å². The molecule has 2 aromatic carbocycles. The average Bonchev–Trinajstić information content (AvgIpc) is 2.53. The van der Waals surface area contributed by atoms with Crippen molar-refractivity contribution in [2.45, 2.75) is 12.8 Å². The number of hydrogen-bond donors (Lipinski definition) is 2. The molecule has 21 heavy (non-hydrogen) atoms. The van der Waals surface area contributed by atoms with Gasteiger partial charge in [-0.25, -0.2) is 0 Å². The van der Waals surface area contributed by atoms with Crippen LogP contribution in [0.4, 0.5) is 5.69 Å². The molecule has 0 aliphatic rings. The van der Waals surface area contributed by atoms with E-state index in [1.54, 1.807) is 0 Å². The summed E-state index contributed by atoms with van der Waals surface area (Å²) in [7, 11) is 0. The van der Waals surface area contributed by atoms with E-state index in [-0.39, 0.29) is 5.91 Å². The third-order valence-corrected chi connectivity index (χ3v) is 3.35. The first-order valence-corrected chi connectivity index (χ1v) is 7.46. The van der Waals surface area contributed by atoms with Crippen molar-refractivity contribution in [1.82, 2.24) is 5.32 Å². The number of carbonyl (C=O) groups is 1. The van der Waals surface area contributed by atoms with Gasteiger partial charge in [-0.2, -0.15) is 0 Å². The monoisotopic (exact) mass is 302 g/mol. The Bertz CT molecular complexity index is 555. The largest absolute Gasteiger partial charge is 0.385 e. The minimum Gasteiger partial charge on any atom is -0.385 e. The lowest BCUT2D eigenvalue weighted by Crippen LogP contribution is -2.24. The first-order valence-electron chi connectivity index (χ1n) is 7.08. The quantitative estimate of drug-likeness (QED) is 0.760. The highest BCUT2D eigenvalue weighted by Crippen LogP contribution is 2.13. The topological polar surface area (TPSA) is 41.1 Å². The predicted octanol–water partition coefficient (Wildman–Crippen LogP) is 3.96. The van der Waals surface area contributed by atoms with E-state index in [1.807, 2.05) is 54.6 Å². The normalized spacial score (nSPS) is 10.1. The van der Waals surface area contributed by atoms with E-state index in [0.717, 1.165) is 30.1 Å². The smallest absolute Gasteiger partial charge is 0.251 e. The van der Waals surface area contributed by atoms with Crippen molar-refractivity contribution in [2.24, 2.45) is 0 Å². The van der Waals surface area contributed by atoms with Crippen LogP contribution >= 0.6 is 11.6 Å². The Morgan fingerprint density at radius 2 is 1.57 bits per heavy atom. The van der Waals surface area contributed by atoms with Crippen LogP contribution in [-0.4, -0.2) is 19.0 Å². The molecule has 2 aromatic rings.